The highest BCUT2D eigenvalue weighted by atomic mass is 16.5. The number of methoxy groups -OCH3 is 1. The molecular weight excluding hydrogens is 300 g/mol. The van der Waals surface area contributed by atoms with E-state index >= 15 is 0 Å². The largest absolute Gasteiger partial charge is 0.501 e. The van der Waals surface area contributed by atoms with E-state index < -0.39 is 0 Å². The van der Waals surface area contributed by atoms with Gasteiger partial charge in [0, 0.05) is 13.5 Å². The summed E-state index contributed by atoms with van der Waals surface area (Å²) in [6.07, 6.45) is 4.78. The van der Waals surface area contributed by atoms with Gasteiger partial charge in [-0.15, -0.1) is 0 Å². The van der Waals surface area contributed by atoms with Crippen molar-refractivity contribution in [3.05, 3.63) is 47.9 Å². The molecule has 0 aliphatic rings. The van der Waals surface area contributed by atoms with Crippen molar-refractivity contribution in [2.45, 2.75) is 47.1 Å². The molecule has 1 rings (SSSR count). The molecule has 0 spiro atoms. The van der Waals surface area contributed by atoms with Crippen molar-refractivity contribution in [2.24, 2.45) is 5.92 Å². The second-order valence-electron chi connectivity index (χ2n) is 6.62. The molecule has 24 heavy (non-hydrogen) atoms. The lowest BCUT2D eigenvalue weighted by atomic mass is 10.0. The van der Waals surface area contributed by atoms with Crippen LogP contribution in [0.15, 0.2) is 36.8 Å². The molecule has 0 N–H and O–H groups in total. The summed E-state index contributed by atoms with van der Waals surface area (Å²) in [6.45, 7) is 11.9. The topological polar surface area (TPSA) is 27.7 Å². The third-order valence-electron chi connectivity index (χ3n) is 3.77. The number of hydrogen-bond donors (Lipinski definition) is 0. The van der Waals surface area contributed by atoms with Gasteiger partial charge in [-0.2, -0.15) is 0 Å². The Bertz CT molecular complexity index is 544. The van der Waals surface area contributed by atoms with Gasteiger partial charge in [-0.25, -0.2) is 0 Å². The van der Waals surface area contributed by atoms with Crippen LogP contribution >= 0.6 is 0 Å². The van der Waals surface area contributed by atoms with E-state index in [1.165, 1.54) is 0 Å². The first-order valence-electron chi connectivity index (χ1n) is 8.64. The van der Waals surface area contributed by atoms with Crippen LogP contribution in [0.3, 0.4) is 0 Å². The molecule has 0 bridgehead atoms. The quantitative estimate of drug-likeness (QED) is 0.417. The van der Waals surface area contributed by atoms with Crippen LogP contribution in [-0.4, -0.2) is 26.4 Å². The predicted molar refractivity (Wildman–Crippen MR) is 102 cm³/mol. The predicted octanol–water partition coefficient (Wildman–Crippen LogP) is 5.52. The third kappa shape index (κ3) is 7.69. The standard InChI is InChI=1S/C21H32O3/c1-16(2)13-24-15-18(4)21-9-7-8-20(12-21)17(3)14-23-11-10-19(5)22-6/h7-9,12,14-16,19H,10-11,13H2,1-6H3. The summed E-state index contributed by atoms with van der Waals surface area (Å²) in [7, 11) is 1.72. The van der Waals surface area contributed by atoms with Crippen molar-refractivity contribution >= 4 is 11.1 Å². The molecule has 0 aromatic heterocycles. The molecule has 0 aliphatic carbocycles. The van der Waals surface area contributed by atoms with Gasteiger partial charge in [0.2, 0.25) is 0 Å². The SMILES string of the molecule is COC(C)CCOC=C(C)c1cccc(C(C)=COCC(C)C)c1. The van der Waals surface area contributed by atoms with Crippen molar-refractivity contribution in [1.29, 1.82) is 0 Å². The first-order valence-corrected chi connectivity index (χ1v) is 8.64. The second kappa shape index (κ2) is 10.9. The third-order valence-corrected chi connectivity index (χ3v) is 3.77. The monoisotopic (exact) mass is 332 g/mol. The van der Waals surface area contributed by atoms with Gasteiger partial charge in [0.15, 0.2) is 0 Å². The van der Waals surface area contributed by atoms with Crippen LogP contribution in [0.2, 0.25) is 0 Å². The summed E-state index contributed by atoms with van der Waals surface area (Å²) in [5.74, 6) is 0.531. The first kappa shape index (κ1) is 20.3. The number of ether oxygens (including phenoxy) is 3. The highest BCUT2D eigenvalue weighted by Crippen LogP contribution is 2.20. The Morgan fingerprint density at radius 3 is 2.12 bits per heavy atom. The zero-order valence-electron chi connectivity index (χ0n) is 16.0. The molecule has 3 nitrogen and oxygen atoms in total. The lowest BCUT2D eigenvalue weighted by molar-refractivity contribution is 0.0877. The van der Waals surface area contributed by atoms with Gasteiger partial charge in [-0.1, -0.05) is 32.0 Å². The van der Waals surface area contributed by atoms with Crippen LogP contribution in [0.1, 0.15) is 52.2 Å². The molecule has 1 aromatic rings. The normalized spacial score (nSPS) is 14.0. The molecule has 0 saturated heterocycles. The van der Waals surface area contributed by atoms with Crippen molar-refractivity contribution in [2.75, 3.05) is 20.3 Å². The average molecular weight is 332 g/mol. The molecule has 0 fully saturated rings. The fourth-order valence-corrected chi connectivity index (χ4v) is 2.05. The van der Waals surface area contributed by atoms with Gasteiger partial charge in [-0.3, -0.25) is 0 Å². The van der Waals surface area contributed by atoms with Crippen LogP contribution in [0, 0.1) is 5.92 Å². The minimum atomic E-state index is 0.223. The molecule has 0 amide bonds. The van der Waals surface area contributed by atoms with Gasteiger partial charge >= 0.3 is 0 Å². The van der Waals surface area contributed by atoms with Crippen LogP contribution in [0.4, 0.5) is 0 Å². The number of hydrogen-bond acceptors (Lipinski definition) is 3. The minimum absolute atomic E-state index is 0.223. The van der Waals surface area contributed by atoms with E-state index in [4.69, 9.17) is 14.2 Å². The highest BCUT2D eigenvalue weighted by molar-refractivity contribution is 5.70. The van der Waals surface area contributed by atoms with Gasteiger partial charge in [0.05, 0.1) is 31.8 Å². The molecule has 0 saturated carbocycles. The molecule has 0 heterocycles. The Kier molecular flexibility index (Phi) is 9.24. The van der Waals surface area contributed by atoms with E-state index in [-0.39, 0.29) is 6.10 Å². The molecule has 1 atom stereocenters. The summed E-state index contributed by atoms with van der Waals surface area (Å²) in [5.41, 5.74) is 4.55. The molecule has 1 aromatic carbocycles. The lowest BCUT2D eigenvalue weighted by Crippen LogP contribution is -2.07. The lowest BCUT2D eigenvalue weighted by Gasteiger charge is -2.10. The zero-order chi connectivity index (χ0) is 17.9. The Morgan fingerprint density at radius 2 is 1.58 bits per heavy atom. The maximum Gasteiger partial charge on any atom is 0.0898 e. The van der Waals surface area contributed by atoms with Gasteiger partial charge in [0.25, 0.3) is 0 Å². The minimum Gasteiger partial charge on any atom is -0.501 e. The van der Waals surface area contributed by atoms with Crippen molar-refractivity contribution in [1.82, 2.24) is 0 Å². The van der Waals surface area contributed by atoms with Crippen molar-refractivity contribution in [3.63, 3.8) is 0 Å². The summed E-state index contributed by atoms with van der Waals surface area (Å²) in [4.78, 5) is 0. The maximum atomic E-state index is 5.63. The van der Waals surface area contributed by atoms with Crippen LogP contribution in [0.25, 0.3) is 11.1 Å². The summed E-state index contributed by atoms with van der Waals surface area (Å²) < 4.78 is 16.5. The Hall–Kier alpha value is -1.74. The van der Waals surface area contributed by atoms with E-state index in [1.54, 1.807) is 7.11 Å². The van der Waals surface area contributed by atoms with Gasteiger partial charge < -0.3 is 14.2 Å². The Balaban J connectivity index is 2.66. The van der Waals surface area contributed by atoms with E-state index in [9.17, 15) is 0 Å². The molecular formula is C21H32O3. The fraction of sp³-hybridized carbons (Fsp3) is 0.524. The molecule has 3 heteroatoms. The van der Waals surface area contributed by atoms with E-state index in [2.05, 4.69) is 52.0 Å². The second-order valence-corrected chi connectivity index (χ2v) is 6.62. The van der Waals surface area contributed by atoms with Crippen molar-refractivity contribution in [3.8, 4) is 0 Å². The molecule has 0 radical (unpaired) electrons. The van der Waals surface area contributed by atoms with Crippen LogP contribution in [-0.2, 0) is 14.2 Å². The summed E-state index contributed by atoms with van der Waals surface area (Å²) >= 11 is 0. The van der Waals surface area contributed by atoms with Crippen LogP contribution < -0.4 is 0 Å². The maximum absolute atomic E-state index is 5.63. The average Bonchev–Trinajstić information content (AvgIpc) is 2.57. The van der Waals surface area contributed by atoms with Crippen LogP contribution in [0.5, 0.6) is 0 Å². The first-order chi connectivity index (χ1) is 11.4. The van der Waals surface area contributed by atoms with Gasteiger partial charge in [0.1, 0.15) is 0 Å². The highest BCUT2D eigenvalue weighted by Gasteiger charge is 2.02. The van der Waals surface area contributed by atoms with E-state index in [0.717, 1.165) is 35.3 Å². The smallest absolute Gasteiger partial charge is 0.0898 e. The number of rotatable bonds is 10. The molecule has 0 aliphatic heterocycles. The number of allylic oxidation sites excluding steroid dienone is 2. The molecule has 134 valence electrons. The fourth-order valence-electron chi connectivity index (χ4n) is 2.05. The zero-order valence-corrected chi connectivity index (χ0v) is 16.0. The van der Waals surface area contributed by atoms with Gasteiger partial charge in [-0.05, 0) is 55.0 Å². The van der Waals surface area contributed by atoms with E-state index in [1.807, 2.05) is 19.4 Å². The van der Waals surface area contributed by atoms with Crippen molar-refractivity contribution < 1.29 is 14.2 Å². The number of benzene rings is 1. The summed E-state index contributed by atoms with van der Waals surface area (Å²) in [5, 5.41) is 0. The Labute approximate surface area is 147 Å². The van der Waals surface area contributed by atoms with E-state index in [0.29, 0.717) is 12.5 Å². The Morgan fingerprint density at radius 1 is 1.00 bits per heavy atom. The molecule has 1 unspecified atom stereocenters. The summed E-state index contributed by atoms with van der Waals surface area (Å²) in [6, 6.07) is 8.42.